The largest absolute Gasteiger partial charge is 0.389 e. The van der Waals surface area contributed by atoms with Crippen LogP contribution in [0.4, 0.5) is 13.2 Å². The number of rotatable bonds is 6. The summed E-state index contributed by atoms with van der Waals surface area (Å²) in [5.41, 5.74) is 0. The van der Waals surface area contributed by atoms with E-state index in [1.807, 2.05) is 0 Å². The number of halogens is 3. The predicted octanol–water partition coefficient (Wildman–Crippen LogP) is 1.30. The van der Waals surface area contributed by atoms with Crippen LogP contribution in [0.2, 0.25) is 0 Å². The molecule has 1 atom stereocenters. The first-order chi connectivity index (χ1) is 5.92. The fraction of sp³-hybridized carbons (Fsp3) is 1.00. The van der Waals surface area contributed by atoms with Crippen LogP contribution in [0.15, 0.2) is 0 Å². The summed E-state index contributed by atoms with van der Waals surface area (Å²) in [4.78, 5) is 0. The minimum atomic E-state index is -4.06. The molecule has 1 unspecified atom stereocenters. The second-order valence-corrected chi connectivity index (χ2v) is 4.30. The van der Waals surface area contributed by atoms with Crippen LogP contribution in [0.5, 0.6) is 0 Å². The summed E-state index contributed by atoms with van der Waals surface area (Å²) in [5, 5.41) is 2.80. The molecule has 80 valence electrons. The second-order valence-electron chi connectivity index (χ2n) is 2.75. The van der Waals surface area contributed by atoms with Crippen LogP contribution in [0.3, 0.4) is 0 Å². The van der Waals surface area contributed by atoms with E-state index in [2.05, 4.69) is 5.32 Å². The normalized spacial score (nSPS) is 14.5. The van der Waals surface area contributed by atoms with Crippen LogP contribution in [-0.2, 0) is 10.8 Å². The molecule has 0 radical (unpaired) electrons. The monoisotopic (exact) mass is 217 g/mol. The van der Waals surface area contributed by atoms with E-state index in [-0.39, 0.29) is 6.42 Å². The van der Waals surface area contributed by atoms with Gasteiger partial charge in [-0.05, 0) is 13.0 Å². The van der Waals surface area contributed by atoms with Crippen LogP contribution >= 0.6 is 0 Å². The van der Waals surface area contributed by atoms with Crippen molar-refractivity contribution in [2.45, 2.75) is 19.0 Å². The molecule has 0 aromatic heterocycles. The highest BCUT2D eigenvalue weighted by Gasteiger charge is 2.25. The lowest BCUT2D eigenvalue weighted by molar-refractivity contribution is -0.135. The van der Waals surface area contributed by atoms with E-state index in [0.717, 1.165) is 0 Å². The van der Waals surface area contributed by atoms with Gasteiger partial charge in [0.2, 0.25) is 0 Å². The van der Waals surface area contributed by atoms with Crippen molar-refractivity contribution in [1.82, 2.24) is 5.32 Å². The van der Waals surface area contributed by atoms with Crippen molar-refractivity contribution in [3.63, 3.8) is 0 Å². The van der Waals surface area contributed by atoms with Crippen LogP contribution < -0.4 is 5.32 Å². The number of hydrogen-bond acceptors (Lipinski definition) is 2. The van der Waals surface area contributed by atoms with Crippen molar-refractivity contribution in [2.75, 3.05) is 25.1 Å². The molecular formula is C7H14F3NOS. The summed E-state index contributed by atoms with van der Waals surface area (Å²) in [6.45, 7) is 0.845. The van der Waals surface area contributed by atoms with Gasteiger partial charge in [-0.3, -0.25) is 4.21 Å². The standard InChI is InChI=1S/C7H14F3NOS/c1-13(12)6-5-11-4-2-3-7(8,9)10/h11H,2-6H2,1H3. The highest BCUT2D eigenvalue weighted by atomic mass is 32.2. The van der Waals surface area contributed by atoms with Gasteiger partial charge in [0, 0.05) is 35.8 Å². The molecular weight excluding hydrogens is 203 g/mol. The quantitative estimate of drug-likeness (QED) is 0.679. The van der Waals surface area contributed by atoms with Gasteiger partial charge >= 0.3 is 6.18 Å². The molecule has 0 fully saturated rings. The molecule has 2 nitrogen and oxygen atoms in total. The Kier molecular flexibility index (Phi) is 6.32. The van der Waals surface area contributed by atoms with Crippen molar-refractivity contribution < 1.29 is 17.4 Å². The smallest absolute Gasteiger partial charge is 0.316 e. The second kappa shape index (κ2) is 6.37. The van der Waals surface area contributed by atoms with E-state index >= 15 is 0 Å². The van der Waals surface area contributed by atoms with Crippen molar-refractivity contribution >= 4 is 10.8 Å². The SMILES string of the molecule is CS(=O)CCNCCCC(F)(F)F. The lowest BCUT2D eigenvalue weighted by atomic mass is 10.3. The summed E-state index contributed by atoms with van der Waals surface area (Å²) in [5.74, 6) is 0.492. The Hall–Kier alpha value is -0.100. The maximum Gasteiger partial charge on any atom is 0.389 e. The molecule has 0 aliphatic rings. The van der Waals surface area contributed by atoms with Crippen LogP contribution in [0, 0.1) is 0 Å². The highest BCUT2D eigenvalue weighted by Crippen LogP contribution is 2.20. The molecule has 1 N–H and O–H groups in total. The van der Waals surface area contributed by atoms with Crippen molar-refractivity contribution in [3.8, 4) is 0 Å². The summed E-state index contributed by atoms with van der Waals surface area (Å²) in [6, 6.07) is 0. The zero-order chi connectivity index (χ0) is 10.3. The third-order valence-electron chi connectivity index (χ3n) is 1.38. The Bertz CT molecular complexity index is 160. The Morgan fingerprint density at radius 1 is 1.31 bits per heavy atom. The fourth-order valence-electron chi connectivity index (χ4n) is 0.755. The van der Waals surface area contributed by atoms with E-state index in [4.69, 9.17) is 0 Å². The first kappa shape index (κ1) is 12.9. The zero-order valence-electron chi connectivity index (χ0n) is 7.49. The van der Waals surface area contributed by atoms with Gasteiger partial charge < -0.3 is 5.32 Å². The van der Waals surface area contributed by atoms with E-state index in [9.17, 15) is 17.4 Å². The molecule has 0 aromatic carbocycles. The molecule has 13 heavy (non-hydrogen) atoms. The summed E-state index contributed by atoms with van der Waals surface area (Å²) >= 11 is 0. The molecule has 0 bridgehead atoms. The fourth-order valence-corrected chi connectivity index (χ4v) is 1.19. The Morgan fingerprint density at radius 3 is 2.38 bits per heavy atom. The van der Waals surface area contributed by atoms with Gasteiger partial charge in [0.25, 0.3) is 0 Å². The Balaban J connectivity index is 3.13. The molecule has 0 rings (SSSR count). The highest BCUT2D eigenvalue weighted by molar-refractivity contribution is 7.84. The van der Waals surface area contributed by atoms with E-state index in [1.54, 1.807) is 6.26 Å². The van der Waals surface area contributed by atoms with Crippen molar-refractivity contribution in [1.29, 1.82) is 0 Å². The van der Waals surface area contributed by atoms with Gasteiger partial charge in [0.05, 0.1) is 0 Å². The maximum atomic E-state index is 11.6. The molecule has 0 aliphatic heterocycles. The van der Waals surface area contributed by atoms with Gasteiger partial charge in [-0.25, -0.2) is 0 Å². The Morgan fingerprint density at radius 2 is 1.92 bits per heavy atom. The average Bonchev–Trinajstić information content (AvgIpc) is 1.93. The van der Waals surface area contributed by atoms with Gasteiger partial charge in [0.15, 0.2) is 0 Å². The zero-order valence-corrected chi connectivity index (χ0v) is 8.30. The molecule has 0 aromatic rings. The van der Waals surface area contributed by atoms with Crippen molar-refractivity contribution in [3.05, 3.63) is 0 Å². The molecule has 0 spiro atoms. The van der Waals surface area contributed by atoms with Crippen LogP contribution in [0.1, 0.15) is 12.8 Å². The van der Waals surface area contributed by atoms with Gasteiger partial charge in [-0.15, -0.1) is 0 Å². The van der Waals surface area contributed by atoms with Gasteiger partial charge in [-0.2, -0.15) is 13.2 Å². The lowest BCUT2D eigenvalue weighted by Crippen LogP contribution is -2.22. The summed E-state index contributed by atoms with van der Waals surface area (Å²) < 4.78 is 45.4. The lowest BCUT2D eigenvalue weighted by Gasteiger charge is -2.06. The third-order valence-corrected chi connectivity index (χ3v) is 2.16. The number of nitrogens with one attached hydrogen (secondary N) is 1. The summed E-state index contributed by atoms with van der Waals surface area (Å²) in [6.07, 6.45) is -3.16. The maximum absolute atomic E-state index is 11.6. The molecule has 6 heteroatoms. The number of alkyl halides is 3. The first-order valence-electron chi connectivity index (χ1n) is 3.99. The molecule has 0 saturated carbocycles. The van der Waals surface area contributed by atoms with Gasteiger partial charge in [-0.1, -0.05) is 0 Å². The third kappa shape index (κ3) is 11.9. The topological polar surface area (TPSA) is 29.1 Å². The molecule has 0 aliphatic carbocycles. The Labute approximate surface area is 78.3 Å². The van der Waals surface area contributed by atoms with Crippen LogP contribution in [0.25, 0.3) is 0 Å². The molecule has 0 heterocycles. The van der Waals surface area contributed by atoms with Crippen molar-refractivity contribution in [2.24, 2.45) is 0 Å². The van der Waals surface area contributed by atoms with E-state index in [1.165, 1.54) is 0 Å². The van der Waals surface area contributed by atoms with Gasteiger partial charge in [0.1, 0.15) is 0 Å². The molecule has 0 amide bonds. The predicted molar refractivity (Wildman–Crippen MR) is 47.1 cm³/mol. The molecule has 0 saturated heterocycles. The first-order valence-corrected chi connectivity index (χ1v) is 5.72. The minimum Gasteiger partial charge on any atom is -0.316 e. The number of hydrogen-bond donors (Lipinski definition) is 1. The van der Waals surface area contributed by atoms with E-state index in [0.29, 0.717) is 18.8 Å². The van der Waals surface area contributed by atoms with E-state index < -0.39 is 23.4 Å². The summed E-state index contributed by atoms with van der Waals surface area (Å²) in [7, 11) is -0.873. The average molecular weight is 217 g/mol. The van der Waals surface area contributed by atoms with Crippen LogP contribution in [-0.4, -0.2) is 35.5 Å². The minimum absolute atomic E-state index is 0.0832.